The van der Waals surface area contributed by atoms with Crippen molar-refractivity contribution in [3.8, 4) is 0 Å². The van der Waals surface area contributed by atoms with Gasteiger partial charge in [-0.15, -0.1) is 0 Å². The Morgan fingerprint density at radius 3 is 2.75 bits per heavy atom. The third-order valence-corrected chi connectivity index (χ3v) is 5.70. The summed E-state index contributed by atoms with van der Waals surface area (Å²) in [5.41, 5.74) is 3.35. The SMILES string of the molecule is Cc1c([C@H]2CN3CCN(C(=O)OC(C)(C)C)C[C@@H]3CO2)ccc2c1COC2=O. The Bertz CT molecular complexity index is 801. The van der Waals surface area contributed by atoms with Gasteiger partial charge in [-0.1, -0.05) is 6.07 Å². The molecule has 3 aliphatic heterocycles. The number of carbonyl (C=O) groups is 2. The van der Waals surface area contributed by atoms with Crippen molar-refractivity contribution >= 4 is 12.1 Å². The lowest BCUT2D eigenvalue weighted by Crippen LogP contribution is -2.60. The van der Waals surface area contributed by atoms with E-state index in [-0.39, 0.29) is 24.2 Å². The molecule has 2 atom stereocenters. The maximum Gasteiger partial charge on any atom is 0.410 e. The van der Waals surface area contributed by atoms with Gasteiger partial charge in [0.1, 0.15) is 12.2 Å². The number of morpholine rings is 1. The minimum atomic E-state index is -0.488. The summed E-state index contributed by atoms with van der Waals surface area (Å²) < 4.78 is 16.8. The van der Waals surface area contributed by atoms with Crippen LogP contribution in [-0.2, 0) is 20.8 Å². The maximum absolute atomic E-state index is 12.4. The summed E-state index contributed by atoms with van der Waals surface area (Å²) in [6, 6.07) is 4.02. The molecule has 7 heteroatoms. The van der Waals surface area contributed by atoms with Gasteiger partial charge < -0.3 is 19.1 Å². The molecule has 7 nitrogen and oxygen atoms in total. The van der Waals surface area contributed by atoms with Crippen LogP contribution in [-0.4, -0.2) is 66.3 Å². The third-order valence-electron chi connectivity index (χ3n) is 5.70. The van der Waals surface area contributed by atoms with Crippen molar-refractivity contribution in [2.45, 2.75) is 52.0 Å². The van der Waals surface area contributed by atoms with Crippen LogP contribution in [0, 0.1) is 6.92 Å². The van der Waals surface area contributed by atoms with E-state index in [0.717, 1.165) is 29.8 Å². The largest absolute Gasteiger partial charge is 0.457 e. The number of ether oxygens (including phenoxy) is 3. The molecular weight excluding hydrogens is 360 g/mol. The molecule has 2 saturated heterocycles. The first-order valence-electron chi connectivity index (χ1n) is 9.86. The van der Waals surface area contributed by atoms with Crippen molar-refractivity contribution in [3.05, 3.63) is 34.4 Å². The number of hydrogen-bond donors (Lipinski definition) is 0. The quantitative estimate of drug-likeness (QED) is 0.689. The predicted octanol–water partition coefficient (Wildman–Crippen LogP) is 2.66. The number of benzene rings is 1. The number of hydrogen-bond acceptors (Lipinski definition) is 6. The normalized spacial score (nSPS) is 25.1. The molecule has 0 unspecified atom stereocenters. The van der Waals surface area contributed by atoms with E-state index in [1.165, 1.54) is 0 Å². The molecule has 28 heavy (non-hydrogen) atoms. The van der Waals surface area contributed by atoms with Gasteiger partial charge in [-0.3, -0.25) is 4.90 Å². The van der Waals surface area contributed by atoms with Crippen LogP contribution in [0.4, 0.5) is 4.79 Å². The summed E-state index contributed by atoms with van der Waals surface area (Å²) in [6.45, 7) is 11.4. The molecular formula is C21H28N2O5. The molecule has 3 heterocycles. The van der Waals surface area contributed by atoms with Gasteiger partial charge in [-0.25, -0.2) is 9.59 Å². The van der Waals surface area contributed by atoms with Crippen molar-refractivity contribution in [2.24, 2.45) is 0 Å². The van der Waals surface area contributed by atoms with E-state index in [1.54, 1.807) is 4.90 Å². The first-order valence-corrected chi connectivity index (χ1v) is 9.86. The number of rotatable bonds is 1. The summed E-state index contributed by atoms with van der Waals surface area (Å²) in [5.74, 6) is -0.243. The van der Waals surface area contributed by atoms with Crippen molar-refractivity contribution < 1.29 is 23.8 Å². The fourth-order valence-electron chi connectivity index (χ4n) is 4.18. The monoisotopic (exact) mass is 388 g/mol. The number of piperazine rings is 1. The van der Waals surface area contributed by atoms with E-state index in [0.29, 0.717) is 31.9 Å². The van der Waals surface area contributed by atoms with Crippen molar-refractivity contribution in [3.63, 3.8) is 0 Å². The second kappa shape index (κ2) is 7.04. The van der Waals surface area contributed by atoms with Crippen molar-refractivity contribution in [1.29, 1.82) is 0 Å². The first-order chi connectivity index (χ1) is 13.2. The number of esters is 1. The van der Waals surface area contributed by atoms with Crippen LogP contribution in [0.5, 0.6) is 0 Å². The minimum Gasteiger partial charge on any atom is -0.457 e. The van der Waals surface area contributed by atoms with Gasteiger partial charge in [-0.05, 0) is 44.9 Å². The van der Waals surface area contributed by atoms with Gasteiger partial charge >= 0.3 is 12.1 Å². The Balaban J connectivity index is 1.42. The molecule has 3 aliphatic rings. The highest BCUT2D eigenvalue weighted by Gasteiger charge is 2.37. The topological polar surface area (TPSA) is 68.3 Å². The zero-order valence-electron chi connectivity index (χ0n) is 17.0. The molecule has 1 aromatic carbocycles. The molecule has 1 aromatic rings. The van der Waals surface area contributed by atoms with E-state index in [9.17, 15) is 9.59 Å². The fraction of sp³-hybridized carbons (Fsp3) is 0.619. The van der Waals surface area contributed by atoms with Crippen molar-refractivity contribution in [2.75, 3.05) is 32.8 Å². The lowest BCUT2D eigenvalue weighted by atomic mass is 9.94. The summed E-state index contributed by atoms with van der Waals surface area (Å²) in [4.78, 5) is 28.3. The van der Waals surface area contributed by atoms with E-state index in [4.69, 9.17) is 14.2 Å². The van der Waals surface area contributed by atoms with Crippen LogP contribution in [0.3, 0.4) is 0 Å². The summed E-state index contributed by atoms with van der Waals surface area (Å²) in [6.07, 6.45) is -0.293. The highest BCUT2D eigenvalue weighted by molar-refractivity contribution is 5.93. The van der Waals surface area contributed by atoms with E-state index in [1.807, 2.05) is 39.8 Å². The Morgan fingerprint density at radius 2 is 2.00 bits per heavy atom. The molecule has 2 fully saturated rings. The summed E-state index contributed by atoms with van der Waals surface area (Å²) >= 11 is 0. The Morgan fingerprint density at radius 1 is 1.21 bits per heavy atom. The Labute approximate surface area is 165 Å². The average molecular weight is 388 g/mol. The standard InChI is InChI=1S/C21H28N2O5/c1-13-15(5-6-16-17(13)12-27-19(16)24)18-10-22-7-8-23(9-14(22)11-26-18)20(25)28-21(2,3)4/h5-6,14,18H,7-12H2,1-4H3/t14-,18-/m1/s1. The van der Waals surface area contributed by atoms with Crippen LogP contribution in [0.15, 0.2) is 12.1 Å². The fourth-order valence-corrected chi connectivity index (χ4v) is 4.18. The van der Waals surface area contributed by atoms with Crippen molar-refractivity contribution in [1.82, 2.24) is 9.80 Å². The zero-order chi connectivity index (χ0) is 20.1. The summed E-state index contributed by atoms with van der Waals surface area (Å²) in [5, 5.41) is 0. The van der Waals surface area contributed by atoms with Gasteiger partial charge in [0.25, 0.3) is 0 Å². The lowest BCUT2D eigenvalue weighted by molar-refractivity contribution is -0.0908. The van der Waals surface area contributed by atoms with E-state index in [2.05, 4.69) is 4.90 Å². The summed E-state index contributed by atoms with van der Waals surface area (Å²) in [7, 11) is 0. The molecule has 0 bridgehead atoms. The minimum absolute atomic E-state index is 0.0367. The van der Waals surface area contributed by atoms with Crippen LogP contribution >= 0.6 is 0 Å². The number of fused-ring (bicyclic) bond motifs is 2. The van der Waals surface area contributed by atoms with Gasteiger partial charge in [0.2, 0.25) is 0 Å². The number of cyclic esters (lactones) is 1. The Hall–Kier alpha value is -2.12. The molecule has 0 saturated carbocycles. The van der Waals surface area contributed by atoms with Gasteiger partial charge in [-0.2, -0.15) is 0 Å². The van der Waals surface area contributed by atoms with Crippen LogP contribution < -0.4 is 0 Å². The maximum atomic E-state index is 12.4. The molecule has 0 spiro atoms. The first kappa shape index (κ1) is 19.2. The predicted molar refractivity (Wildman–Crippen MR) is 102 cm³/mol. The van der Waals surface area contributed by atoms with Gasteiger partial charge in [0.15, 0.2) is 0 Å². The molecule has 0 aliphatic carbocycles. The second-order valence-electron chi connectivity index (χ2n) is 8.78. The van der Waals surface area contributed by atoms with E-state index >= 15 is 0 Å². The zero-order valence-corrected chi connectivity index (χ0v) is 17.0. The van der Waals surface area contributed by atoms with Crippen LogP contribution in [0.25, 0.3) is 0 Å². The van der Waals surface area contributed by atoms with Gasteiger partial charge in [0, 0.05) is 31.7 Å². The third kappa shape index (κ3) is 3.61. The Kier molecular flexibility index (Phi) is 4.83. The lowest BCUT2D eigenvalue weighted by Gasteiger charge is -2.46. The molecule has 152 valence electrons. The van der Waals surface area contributed by atoms with Gasteiger partial charge in [0.05, 0.1) is 24.3 Å². The highest BCUT2D eigenvalue weighted by Crippen LogP contribution is 2.33. The smallest absolute Gasteiger partial charge is 0.410 e. The molecule has 1 amide bonds. The molecule has 4 rings (SSSR count). The number of carbonyl (C=O) groups excluding carboxylic acids is 2. The molecule has 0 N–H and O–H groups in total. The van der Waals surface area contributed by atoms with Crippen LogP contribution in [0.1, 0.15) is 53.9 Å². The average Bonchev–Trinajstić information content (AvgIpc) is 3.02. The van der Waals surface area contributed by atoms with Crippen LogP contribution in [0.2, 0.25) is 0 Å². The van der Waals surface area contributed by atoms with E-state index < -0.39 is 5.60 Å². The molecule has 0 aromatic heterocycles. The second-order valence-corrected chi connectivity index (χ2v) is 8.78. The number of nitrogens with zero attached hydrogens (tertiary/aromatic N) is 2. The molecule has 0 radical (unpaired) electrons. The highest BCUT2D eigenvalue weighted by atomic mass is 16.6. The number of amides is 1.